The molecule has 2 atom stereocenters. The van der Waals surface area contributed by atoms with Gasteiger partial charge >= 0.3 is 0 Å². The van der Waals surface area contributed by atoms with Crippen LogP contribution >= 0.6 is 0 Å². The molecule has 5 heteroatoms. The highest BCUT2D eigenvalue weighted by Gasteiger charge is 2.27. The average molecular weight is 288 g/mol. The van der Waals surface area contributed by atoms with Crippen molar-refractivity contribution in [1.29, 1.82) is 0 Å². The first kappa shape index (κ1) is 14.2. The van der Waals surface area contributed by atoms with E-state index in [2.05, 4.69) is 34.5 Å². The average Bonchev–Trinajstić information content (AvgIpc) is 2.80. The number of ether oxygens (including phenoxy) is 1. The summed E-state index contributed by atoms with van der Waals surface area (Å²) in [5, 5.41) is 0. The molecule has 21 heavy (non-hydrogen) atoms. The summed E-state index contributed by atoms with van der Waals surface area (Å²) in [6.07, 6.45) is 2.21. The molecule has 0 bridgehead atoms. The van der Waals surface area contributed by atoms with E-state index >= 15 is 0 Å². The Morgan fingerprint density at radius 2 is 2.24 bits per heavy atom. The van der Waals surface area contributed by atoms with Crippen LogP contribution in [0.4, 0.5) is 5.95 Å². The van der Waals surface area contributed by atoms with Crippen molar-refractivity contribution in [2.75, 3.05) is 25.9 Å². The number of hydrogen-bond donors (Lipinski definition) is 1. The molecule has 2 aromatic rings. The summed E-state index contributed by atoms with van der Waals surface area (Å²) in [6, 6.07) is 7.04. The molecular formula is C16H24N4O. The first-order valence-corrected chi connectivity index (χ1v) is 7.71. The van der Waals surface area contributed by atoms with E-state index in [9.17, 15) is 0 Å². The molecule has 1 aliphatic rings. The number of likely N-dealkylation sites (tertiary alicyclic amines) is 1. The monoisotopic (exact) mass is 288 g/mol. The molecule has 1 fully saturated rings. The predicted molar refractivity (Wildman–Crippen MR) is 85.7 cm³/mol. The summed E-state index contributed by atoms with van der Waals surface area (Å²) >= 11 is 0. The molecule has 0 amide bonds. The highest BCUT2D eigenvalue weighted by Crippen LogP contribution is 2.34. The predicted octanol–water partition coefficient (Wildman–Crippen LogP) is 2.67. The maximum atomic E-state index is 6.21. The number of benzene rings is 1. The van der Waals surface area contributed by atoms with Gasteiger partial charge in [-0.3, -0.25) is 0 Å². The van der Waals surface area contributed by atoms with Crippen LogP contribution in [0.3, 0.4) is 0 Å². The number of para-hydroxylation sites is 1. The molecule has 0 aliphatic carbocycles. The van der Waals surface area contributed by atoms with Gasteiger partial charge in [0.15, 0.2) is 0 Å². The fraction of sp³-hybridized carbons (Fsp3) is 0.562. The highest BCUT2D eigenvalue weighted by molar-refractivity contribution is 5.84. The smallest absolute Gasteiger partial charge is 0.201 e. The van der Waals surface area contributed by atoms with Gasteiger partial charge in [-0.25, -0.2) is 4.98 Å². The van der Waals surface area contributed by atoms with Crippen molar-refractivity contribution in [2.45, 2.75) is 38.8 Å². The fourth-order valence-electron chi connectivity index (χ4n) is 3.26. The molecule has 0 radical (unpaired) electrons. The summed E-state index contributed by atoms with van der Waals surface area (Å²) < 4.78 is 7.87. The number of piperidine rings is 1. The molecular weight excluding hydrogens is 264 g/mol. The third-order valence-corrected chi connectivity index (χ3v) is 4.56. The van der Waals surface area contributed by atoms with Gasteiger partial charge in [-0.15, -0.1) is 0 Å². The minimum atomic E-state index is 0.415. The van der Waals surface area contributed by atoms with E-state index in [1.54, 1.807) is 0 Å². The first-order valence-electron chi connectivity index (χ1n) is 7.71. The maximum absolute atomic E-state index is 6.21. The zero-order valence-corrected chi connectivity index (χ0v) is 13.0. The molecule has 114 valence electrons. The standard InChI is InChI=1S/C16H24N4O/c1-4-21-14-7-5-6-13-15(14)18-16(17)20(13)12-8-9-19(3)11(2)10-12/h5-7,11-12H,4,8-10H2,1-3H3,(H2,17,18). The van der Waals surface area contributed by atoms with Crippen molar-refractivity contribution in [1.82, 2.24) is 14.5 Å². The Kier molecular flexibility index (Phi) is 3.76. The number of aromatic nitrogens is 2. The van der Waals surface area contributed by atoms with Crippen molar-refractivity contribution in [3.63, 3.8) is 0 Å². The number of imidazole rings is 1. The quantitative estimate of drug-likeness (QED) is 0.943. The normalized spacial score (nSPS) is 23.6. The van der Waals surface area contributed by atoms with Gasteiger partial charge in [-0.05, 0) is 45.9 Å². The molecule has 1 aromatic heterocycles. The number of fused-ring (bicyclic) bond motifs is 1. The Hall–Kier alpha value is -1.75. The fourth-order valence-corrected chi connectivity index (χ4v) is 3.26. The third kappa shape index (κ3) is 2.46. The zero-order valence-electron chi connectivity index (χ0n) is 13.0. The number of nitrogen functional groups attached to an aromatic ring is 1. The van der Waals surface area contributed by atoms with E-state index in [1.165, 1.54) is 0 Å². The maximum Gasteiger partial charge on any atom is 0.201 e. The lowest BCUT2D eigenvalue weighted by Crippen LogP contribution is -2.38. The number of nitrogens with two attached hydrogens (primary N) is 1. The van der Waals surface area contributed by atoms with Crippen LogP contribution < -0.4 is 10.5 Å². The van der Waals surface area contributed by atoms with Crippen LogP contribution in [-0.4, -0.2) is 40.7 Å². The molecule has 2 N–H and O–H groups in total. The van der Waals surface area contributed by atoms with Gasteiger partial charge in [0.1, 0.15) is 11.3 Å². The number of nitrogens with zero attached hydrogens (tertiary/aromatic N) is 3. The van der Waals surface area contributed by atoms with Crippen molar-refractivity contribution >= 4 is 17.0 Å². The van der Waals surface area contributed by atoms with E-state index < -0.39 is 0 Å². The number of hydrogen-bond acceptors (Lipinski definition) is 4. The first-order chi connectivity index (χ1) is 10.1. The molecule has 1 aromatic carbocycles. The molecule has 3 rings (SSSR count). The molecule has 2 unspecified atom stereocenters. The summed E-state index contributed by atoms with van der Waals surface area (Å²) in [5.41, 5.74) is 8.17. The lowest BCUT2D eigenvalue weighted by Gasteiger charge is -2.36. The third-order valence-electron chi connectivity index (χ3n) is 4.56. The number of rotatable bonds is 3. The van der Waals surface area contributed by atoms with Crippen molar-refractivity contribution < 1.29 is 4.74 Å². The Bertz CT molecular complexity index is 636. The van der Waals surface area contributed by atoms with Crippen LogP contribution in [0.2, 0.25) is 0 Å². The van der Waals surface area contributed by atoms with Gasteiger partial charge in [0, 0.05) is 18.6 Å². The van der Waals surface area contributed by atoms with Gasteiger partial charge in [0.25, 0.3) is 0 Å². The van der Waals surface area contributed by atoms with Crippen LogP contribution in [-0.2, 0) is 0 Å². The second-order valence-electron chi connectivity index (χ2n) is 5.90. The SMILES string of the molecule is CCOc1cccc2c1nc(N)n2C1CCN(C)C(C)C1. The molecule has 2 heterocycles. The summed E-state index contributed by atoms with van der Waals surface area (Å²) in [7, 11) is 2.18. The lowest BCUT2D eigenvalue weighted by atomic mass is 9.98. The van der Waals surface area contributed by atoms with E-state index in [1.807, 2.05) is 19.1 Å². The van der Waals surface area contributed by atoms with Crippen LogP contribution in [0.5, 0.6) is 5.75 Å². The van der Waals surface area contributed by atoms with Crippen molar-refractivity contribution in [3.8, 4) is 5.75 Å². The minimum Gasteiger partial charge on any atom is -0.492 e. The van der Waals surface area contributed by atoms with E-state index in [0.29, 0.717) is 24.6 Å². The van der Waals surface area contributed by atoms with Crippen LogP contribution in [0.25, 0.3) is 11.0 Å². The van der Waals surface area contributed by atoms with Gasteiger partial charge < -0.3 is 19.9 Å². The van der Waals surface area contributed by atoms with Gasteiger partial charge in [0.05, 0.1) is 12.1 Å². The largest absolute Gasteiger partial charge is 0.492 e. The Morgan fingerprint density at radius 1 is 1.43 bits per heavy atom. The summed E-state index contributed by atoms with van der Waals surface area (Å²) in [6.45, 7) is 5.98. The Morgan fingerprint density at radius 3 is 2.95 bits per heavy atom. The highest BCUT2D eigenvalue weighted by atomic mass is 16.5. The van der Waals surface area contributed by atoms with Crippen molar-refractivity contribution in [2.24, 2.45) is 0 Å². The Balaban J connectivity index is 2.03. The van der Waals surface area contributed by atoms with Crippen LogP contribution in [0, 0.1) is 0 Å². The van der Waals surface area contributed by atoms with Gasteiger partial charge in [-0.1, -0.05) is 6.07 Å². The van der Waals surface area contributed by atoms with E-state index in [-0.39, 0.29) is 0 Å². The van der Waals surface area contributed by atoms with Gasteiger partial charge in [-0.2, -0.15) is 0 Å². The molecule has 5 nitrogen and oxygen atoms in total. The van der Waals surface area contributed by atoms with Crippen LogP contribution in [0.15, 0.2) is 18.2 Å². The topological polar surface area (TPSA) is 56.3 Å². The second-order valence-corrected chi connectivity index (χ2v) is 5.90. The number of anilines is 1. The molecule has 1 saturated heterocycles. The minimum absolute atomic E-state index is 0.415. The van der Waals surface area contributed by atoms with E-state index in [4.69, 9.17) is 10.5 Å². The summed E-state index contributed by atoms with van der Waals surface area (Å²) in [4.78, 5) is 6.95. The summed E-state index contributed by atoms with van der Waals surface area (Å²) in [5.74, 6) is 1.42. The molecule has 0 saturated carbocycles. The zero-order chi connectivity index (χ0) is 15.0. The van der Waals surface area contributed by atoms with Crippen LogP contribution in [0.1, 0.15) is 32.7 Å². The van der Waals surface area contributed by atoms with Gasteiger partial charge in [0.2, 0.25) is 5.95 Å². The van der Waals surface area contributed by atoms with E-state index in [0.717, 1.165) is 36.2 Å². The molecule has 1 aliphatic heterocycles. The Labute approximate surface area is 125 Å². The van der Waals surface area contributed by atoms with Crippen molar-refractivity contribution in [3.05, 3.63) is 18.2 Å². The molecule has 0 spiro atoms. The second kappa shape index (κ2) is 5.56. The lowest BCUT2D eigenvalue weighted by molar-refractivity contribution is 0.159.